The van der Waals surface area contributed by atoms with Crippen LogP contribution in [0.4, 0.5) is 10.1 Å². The first kappa shape index (κ1) is 15.8. The Kier molecular flexibility index (Phi) is 5.32. The SMILES string of the molecule is CC1CCCCC1NCc1ccc(F)c(N2CCNCC2)c1. The van der Waals surface area contributed by atoms with E-state index in [9.17, 15) is 4.39 Å². The van der Waals surface area contributed by atoms with Crippen LogP contribution in [0.2, 0.25) is 0 Å². The molecule has 2 unspecified atom stereocenters. The molecule has 0 spiro atoms. The lowest BCUT2D eigenvalue weighted by atomic mass is 9.86. The number of benzene rings is 1. The van der Waals surface area contributed by atoms with Crippen molar-refractivity contribution in [1.29, 1.82) is 0 Å². The lowest BCUT2D eigenvalue weighted by Crippen LogP contribution is -2.44. The molecule has 1 aliphatic heterocycles. The molecule has 2 atom stereocenters. The van der Waals surface area contributed by atoms with Gasteiger partial charge < -0.3 is 15.5 Å². The normalized spacial score (nSPS) is 26.2. The van der Waals surface area contributed by atoms with Gasteiger partial charge in [-0.2, -0.15) is 0 Å². The largest absolute Gasteiger partial charge is 0.367 e. The highest BCUT2D eigenvalue weighted by Crippen LogP contribution is 2.25. The van der Waals surface area contributed by atoms with E-state index in [4.69, 9.17) is 0 Å². The summed E-state index contributed by atoms with van der Waals surface area (Å²) in [6.07, 6.45) is 5.29. The number of nitrogens with one attached hydrogen (secondary N) is 2. The second kappa shape index (κ2) is 7.42. The quantitative estimate of drug-likeness (QED) is 0.895. The van der Waals surface area contributed by atoms with E-state index >= 15 is 0 Å². The number of piperazine rings is 1. The minimum absolute atomic E-state index is 0.100. The van der Waals surface area contributed by atoms with Gasteiger partial charge in [-0.3, -0.25) is 0 Å². The lowest BCUT2D eigenvalue weighted by molar-refractivity contribution is 0.279. The minimum atomic E-state index is -0.100. The van der Waals surface area contributed by atoms with Gasteiger partial charge in [-0.15, -0.1) is 0 Å². The van der Waals surface area contributed by atoms with Crippen molar-refractivity contribution >= 4 is 5.69 Å². The third-order valence-electron chi connectivity index (χ3n) is 5.15. The van der Waals surface area contributed by atoms with Crippen molar-refractivity contribution in [2.24, 2.45) is 5.92 Å². The number of hydrogen-bond acceptors (Lipinski definition) is 3. The van der Waals surface area contributed by atoms with Crippen LogP contribution in [0.3, 0.4) is 0 Å². The molecule has 1 aromatic carbocycles. The van der Waals surface area contributed by atoms with Crippen LogP contribution in [-0.2, 0) is 6.54 Å². The van der Waals surface area contributed by atoms with Crippen LogP contribution in [0.5, 0.6) is 0 Å². The van der Waals surface area contributed by atoms with Gasteiger partial charge in [0.2, 0.25) is 0 Å². The summed E-state index contributed by atoms with van der Waals surface area (Å²) in [6, 6.07) is 6.18. The van der Waals surface area contributed by atoms with Crippen LogP contribution in [0, 0.1) is 11.7 Å². The van der Waals surface area contributed by atoms with Crippen LogP contribution < -0.4 is 15.5 Å². The predicted octanol–water partition coefficient (Wildman–Crippen LogP) is 2.90. The Balaban J connectivity index is 1.63. The fraction of sp³-hybridized carbons (Fsp3) is 0.667. The molecule has 2 N–H and O–H groups in total. The third kappa shape index (κ3) is 3.79. The van der Waals surface area contributed by atoms with Crippen LogP contribution in [0.15, 0.2) is 18.2 Å². The molecular weight excluding hydrogens is 277 g/mol. The van der Waals surface area contributed by atoms with Gasteiger partial charge in [-0.25, -0.2) is 4.39 Å². The van der Waals surface area contributed by atoms with Gasteiger partial charge >= 0.3 is 0 Å². The Morgan fingerprint density at radius 3 is 2.77 bits per heavy atom. The zero-order valence-electron chi connectivity index (χ0n) is 13.6. The van der Waals surface area contributed by atoms with Crippen molar-refractivity contribution in [3.05, 3.63) is 29.6 Å². The molecular formula is C18H28FN3. The molecule has 22 heavy (non-hydrogen) atoms. The Morgan fingerprint density at radius 2 is 2.00 bits per heavy atom. The molecule has 0 amide bonds. The van der Waals surface area contributed by atoms with Gasteiger partial charge in [0.25, 0.3) is 0 Å². The molecule has 1 heterocycles. The Bertz CT molecular complexity index is 485. The number of nitrogens with zero attached hydrogens (tertiary/aromatic N) is 1. The standard InChI is InChI=1S/C18H28FN3/c1-14-4-2-3-5-17(14)21-13-15-6-7-16(19)18(12-15)22-10-8-20-9-11-22/h6-7,12,14,17,20-21H,2-5,8-11,13H2,1H3. The highest BCUT2D eigenvalue weighted by Gasteiger charge is 2.21. The molecule has 0 radical (unpaired) electrons. The van der Waals surface area contributed by atoms with Gasteiger partial charge in [0.1, 0.15) is 5.82 Å². The van der Waals surface area contributed by atoms with E-state index in [1.54, 1.807) is 6.07 Å². The summed E-state index contributed by atoms with van der Waals surface area (Å²) in [5.41, 5.74) is 1.95. The highest BCUT2D eigenvalue weighted by molar-refractivity contribution is 5.50. The molecule has 0 aromatic heterocycles. The van der Waals surface area contributed by atoms with Gasteiger partial charge in [0.15, 0.2) is 0 Å². The average molecular weight is 305 g/mol. The fourth-order valence-electron chi connectivity index (χ4n) is 3.68. The third-order valence-corrected chi connectivity index (χ3v) is 5.15. The van der Waals surface area contributed by atoms with Gasteiger partial charge in [-0.1, -0.05) is 25.8 Å². The summed E-state index contributed by atoms with van der Waals surface area (Å²) < 4.78 is 14.1. The molecule has 2 fully saturated rings. The van der Waals surface area contributed by atoms with E-state index < -0.39 is 0 Å². The Morgan fingerprint density at radius 1 is 1.23 bits per heavy atom. The number of rotatable bonds is 4. The van der Waals surface area contributed by atoms with Gasteiger partial charge in [0, 0.05) is 38.8 Å². The molecule has 2 aliphatic rings. The summed E-state index contributed by atoms with van der Waals surface area (Å²) in [5, 5.41) is 7.00. The summed E-state index contributed by atoms with van der Waals surface area (Å²) in [4.78, 5) is 2.15. The Labute approximate surface area is 133 Å². The van der Waals surface area contributed by atoms with Crippen LogP contribution >= 0.6 is 0 Å². The van der Waals surface area contributed by atoms with E-state index in [1.165, 1.54) is 31.2 Å². The van der Waals surface area contributed by atoms with E-state index in [2.05, 4.69) is 22.5 Å². The zero-order valence-corrected chi connectivity index (χ0v) is 13.6. The van der Waals surface area contributed by atoms with E-state index in [0.29, 0.717) is 6.04 Å². The molecule has 1 saturated heterocycles. The summed E-state index contributed by atoms with van der Waals surface area (Å²) in [6.45, 7) is 6.81. The predicted molar refractivity (Wildman–Crippen MR) is 89.7 cm³/mol. The molecule has 0 bridgehead atoms. The van der Waals surface area contributed by atoms with E-state index in [-0.39, 0.29) is 5.82 Å². The number of halogens is 1. The van der Waals surface area contributed by atoms with Crippen molar-refractivity contribution < 1.29 is 4.39 Å². The van der Waals surface area contributed by atoms with E-state index in [1.807, 2.05) is 12.1 Å². The van der Waals surface area contributed by atoms with Crippen molar-refractivity contribution in [3.8, 4) is 0 Å². The first-order valence-corrected chi connectivity index (χ1v) is 8.71. The summed E-state index contributed by atoms with van der Waals surface area (Å²) in [7, 11) is 0. The first-order valence-electron chi connectivity index (χ1n) is 8.71. The van der Waals surface area contributed by atoms with Crippen LogP contribution in [0.1, 0.15) is 38.2 Å². The van der Waals surface area contributed by atoms with Crippen LogP contribution in [0.25, 0.3) is 0 Å². The number of anilines is 1. The summed E-state index contributed by atoms with van der Waals surface area (Å²) >= 11 is 0. The highest BCUT2D eigenvalue weighted by atomic mass is 19.1. The average Bonchev–Trinajstić information content (AvgIpc) is 2.56. The first-order chi connectivity index (χ1) is 10.7. The second-order valence-corrected chi connectivity index (χ2v) is 6.77. The maximum Gasteiger partial charge on any atom is 0.146 e. The topological polar surface area (TPSA) is 27.3 Å². The summed E-state index contributed by atoms with van der Waals surface area (Å²) in [5.74, 6) is 0.651. The molecule has 1 aliphatic carbocycles. The van der Waals surface area contributed by atoms with Crippen molar-refractivity contribution in [1.82, 2.24) is 10.6 Å². The lowest BCUT2D eigenvalue weighted by Gasteiger charge is -2.31. The fourth-order valence-corrected chi connectivity index (χ4v) is 3.68. The van der Waals surface area contributed by atoms with Gasteiger partial charge in [-0.05, 0) is 36.5 Å². The second-order valence-electron chi connectivity index (χ2n) is 6.77. The molecule has 122 valence electrons. The zero-order chi connectivity index (χ0) is 15.4. The maximum absolute atomic E-state index is 14.1. The molecule has 3 rings (SSSR count). The number of hydrogen-bond donors (Lipinski definition) is 2. The van der Waals surface area contributed by atoms with Gasteiger partial charge in [0.05, 0.1) is 5.69 Å². The Hall–Kier alpha value is -1.13. The maximum atomic E-state index is 14.1. The monoisotopic (exact) mass is 305 g/mol. The molecule has 3 nitrogen and oxygen atoms in total. The molecule has 4 heteroatoms. The van der Waals surface area contributed by atoms with Crippen LogP contribution in [-0.4, -0.2) is 32.2 Å². The minimum Gasteiger partial charge on any atom is -0.367 e. The van der Waals surface area contributed by atoms with Crippen molar-refractivity contribution in [3.63, 3.8) is 0 Å². The molecule has 1 aromatic rings. The van der Waals surface area contributed by atoms with Crippen molar-refractivity contribution in [2.45, 2.75) is 45.2 Å². The van der Waals surface area contributed by atoms with E-state index in [0.717, 1.165) is 44.3 Å². The smallest absolute Gasteiger partial charge is 0.146 e. The molecule has 1 saturated carbocycles. The van der Waals surface area contributed by atoms with Crippen molar-refractivity contribution in [2.75, 3.05) is 31.1 Å².